The Kier molecular flexibility index (Phi) is 15.5. The van der Waals surface area contributed by atoms with Crippen molar-refractivity contribution in [1.29, 1.82) is 0 Å². The molecule has 3 aliphatic heterocycles. The van der Waals surface area contributed by atoms with Gasteiger partial charge in [-0.15, -0.1) is 0 Å². The van der Waals surface area contributed by atoms with Gasteiger partial charge in [0.15, 0.2) is 5.78 Å². The van der Waals surface area contributed by atoms with Crippen LogP contribution in [0, 0.1) is 13.8 Å². The molecule has 3 fully saturated rings. The second-order valence-corrected chi connectivity index (χ2v) is 11.8. The number of nitrogens with zero attached hydrogens (tertiary/aromatic N) is 2. The Balaban J connectivity index is 0.000000267. The summed E-state index contributed by atoms with van der Waals surface area (Å²) in [6, 6.07) is 25.5. The molecule has 9 nitrogen and oxygen atoms in total. The number of benzene rings is 3. The number of alkyl halides is 1. The summed E-state index contributed by atoms with van der Waals surface area (Å²) in [5.74, 6) is 0.220. The number of alkyl carbamates (subject to hydrolysis) is 1. The van der Waals surface area contributed by atoms with E-state index < -0.39 is 12.1 Å². The first-order valence-corrected chi connectivity index (χ1v) is 18.3. The normalized spacial score (nSPS) is 19.5. The number of hydrogen-bond donors (Lipinski definition) is 2. The highest BCUT2D eigenvalue weighted by Crippen LogP contribution is 2.33. The molecule has 0 bridgehead atoms. The van der Waals surface area contributed by atoms with E-state index in [2.05, 4.69) is 69.3 Å². The van der Waals surface area contributed by atoms with Gasteiger partial charge in [0.2, 0.25) is 11.8 Å². The lowest BCUT2D eigenvalue weighted by Gasteiger charge is -2.38. The molecule has 10 heteroatoms. The smallest absolute Gasteiger partial charge is 0.407 e. The van der Waals surface area contributed by atoms with Crippen molar-refractivity contribution < 1.29 is 23.9 Å². The fraction of sp³-hybridized carbons (Fsp3) is 0.421. The van der Waals surface area contributed by atoms with Crippen molar-refractivity contribution in [3.05, 3.63) is 107 Å². The molecule has 3 atom stereocenters. The first-order chi connectivity index (χ1) is 22.8. The molecule has 0 saturated carbocycles. The van der Waals surface area contributed by atoms with Gasteiger partial charge in [-0.1, -0.05) is 109 Å². The summed E-state index contributed by atoms with van der Waals surface area (Å²) in [5.41, 5.74) is 5.09. The van der Waals surface area contributed by atoms with Gasteiger partial charge in [0, 0.05) is 44.6 Å². The van der Waals surface area contributed by atoms with Gasteiger partial charge < -0.3 is 25.2 Å². The molecule has 3 aromatic rings. The third kappa shape index (κ3) is 9.88. The van der Waals surface area contributed by atoms with Crippen LogP contribution >= 0.6 is 22.6 Å². The Hall–Kier alpha value is -3.77. The van der Waals surface area contributed by atoms with Crippen molar-refractivity contribution >= 4 is 46.3 Å². The zero-order chi connectivity index (χ0) is 33.8. The number of piperazine rings is 1. The highest BCUT2D eigenvalue weighted by atomic mass is 127. The van der Waals surface area contributed by atoms with Crippen LogP contribution < -0.4 is 10.6 Å². The molecule has 0 radical (unpaired) electrons. The number of hydrogen-bond acceptors (Lipinski definition) is 6. The first kappa shape index (κ1) is 38.7. The summed E-state index contributed by atoms with van der Waals surface area (Å²) >= 11 is 2.15. The third-order valence-electron chi connectivity index (χ3n) is 8.88. The van der Waals surface area contributed by atoms with Crippen LogP contribution in [-0.4, -0.2) is 76.7 Å². The summed E-state index contributed by atoms with van der Waals surface area (Å²) in [6.07, 6.45) is 2.02. The van der Waals surface area contributed by atoms with Gasteiger partial charge in [-0.2, -0.15) is 0 Å². The topological polar surface area (TPSA) is 108 Å². The number of Topliss-reactive ketones (excluding diaryl/α,β-unsaturated/α-hetero) is 1. The minimum absolute atomic E-state index is 0. The number of fused-ring (bicyclic) bond motifs is 1. The van der Waals surface area contributed by atoms with E-state index in [1.54, 1.807) is 11.0 Å². The number of ketones is 1. The van der Waals surface area contributed by atoms with Crippen LogP contribution in [-0.2, 0) is 20.9 Å². The van der Waals surface area contributed by atoms with Gasteiger partial charge in [0.25, 0.3) is 0 Å². The van der Waals surface area contributed by atoms with E-state index in [1.807, 2.05) is 60.4 Å². The Bertz CT molecular complexity index is 1520. The standard InChI is InChI=1S/C22H24N2O4.C14H18N2O.CH3I.CH4/c1-16-7-5-6-10-18(16)21(26)19-11-12-20(25)24(19)14-13-23-22(27)28-15-17-8-3-2-4-9-17;1-10-4-2-3-5-11(10)14-12-6-7-13(17)16(12)9-8-15-14;1-2;/h2-10,19H,11-15H2,1H3,(H,23,27);2-5,12,14-15H,6-9H2,1H3;1H3;1H4. The molecule has 48 heavy (non-hydrogen) atoms. The van der Waals surface area contributed by atoms with Crippen molar-refractivity contribution in [3.8, 4) is 0 Å². The number of aryl methyl sites for hydroxylation is 2. The minimum Gasteiger partial charge on any atom is -0.445 e. The van der Waals surface area contributed by atoms with Gasteiger partial charge in [0.05, 0.1) is 18.1 Å². The predicted octanol–water partition coefficient (Wildman–Crippen LogP) is 6.41. The van der Waals surface area contributed by atoms with Crippen LogP contribution in [0.2, 0.25) is 0 Å². The van der Waals surface area contributed by atoms with E-state index >= 15 is 0 Å². The molecule has 0 spiro atoms. The van der Waals surface area contributed by atoms with Crippen LogP contribution in [0.15, 0.2) is 78.9 Å². The lowest BCUT2D eigenvalue weighted by molar-refractivity contribution is -0.130. The maximum atomic E-state index is 12.9. The van der Waals surface area contributed by atoms with Crippen LogP contribution in [0.1, 0.15) is 71.8 Å². The summed E-state index contributed by atoms with van der Waals surface area (Å²) < 4.78 is 5.16. The van der Waals surface area contributed by atoms with Crippen molar-refractivity contribution in [1.82, 2.24) is 20.4 Å². The molecule has 2 N–H and O–H groups in total. The molecule has 3 heterocycles. The fourth-order valence-corrected chi connectivity index (χ4v) is 6.49. The lowest BCUT2D eigenvalue weighted by Crippen LogP contribution is -2.51. The molecule has 3 saturated heterocycles. The molecule has 3 aliphatic rings. The number of likely N-dealkylation sites (tertiary alicyclic amines) is 1. The van der Waals surface area contributed by atoms with Crippen LogP contribution in [0.3, 0.4) is 0 Å². The average molecular weight is 769 g/mol. The molecule has 258 valence electrons. The van der Waals surface area contributed by atoms with Crippen LogP contribution in [0.25, 0.3) is 0 Å². The zero-order valence-corrected chi connectivity index (χ0v) is 29.6. The summed E-state index contributed by atoms with van der Waals surface area (Å²) in [5, 5.41) is 6.22. The van der Waals surface area contributed by atoms with Crippen molar-refractivity contribution in [2.45, 2.75) is 71.7 Å². The summed E-state index contributed by atoms with van der Waals surface area (Å²) in [4.78, 5) is 54.3. The second kappa shape index (κ2) is 19.3. The van der Waals surface area contributed by atoms with Crippen LogP contribution in [0.4, 0.5) is 4.79 Å². The SMILES string of the molecule is C.CI.Cc1ccccc1C(=O)C1CCC(=O)N1CCNC(=O)OCc1ccccc1.Cc1ccccc1C1NCCN2C(=O)CCC12. The zero-order valence-electron chi connectivity index (χ0n) is 27.4. The van der Waals surface area contributed by atoms with Crippen molar-refractivity contribution in [3.63, 3.8) is 0 Å². The second-order valence-electron chi connectivity index (χ2n) is 11.8. The number of nitrogens with one attached hydrogen (secondary N) is 2. The quantitative estimate of drug-likeness (QED) is 0.156. The van der Waals surface area contributed by atoms with Gasteiger partial charge in [-0.05, 0) is 53.9 Å². The Morgan fingerprint density at radius 1 is 0.875 bits per heavy atom. The lowest BCUT2D eigenvalue weighted by atomic mass is 9.92. The molecule has 3 aromatic carbocycles. The summed E-state index contributed by atoms with van der Waals surface area (Å²) in [7, 11) is 0. The Labute approximate surface area is 298 Å². The predicted molar refractivity (Wildman–Crippen MR) is 198 cm³/mol. The number of ether oxygens (including phenoxy) is 1. The number of halogens is 1. The highest BCUT2D eigenvalue weighted by Gasteiger charge is 2.40. The molecule has 0 aromatic heterocycles. The maximum Gasteiger partial charge on any atom is 0.407 e. The fourth-order valence-electron chi connectivity index (χ4n) is 6.49. The van der Waals surface area contributed by atoms with E-state index in [0.29, 0.717) is 42.8 Å². The molecule has 3 amide bonds. The van der Waals surface area contributed by atoms with Gasteiger partial charge >= 0.3 is 6.09 Å². The number of rotatable bonds is 8. The van der Waals surface area contributed by atoms with E-state index in [9.17, 15) is 19.2 Å². The molecular weight excluding hydrogens is 719 g/mol. The monoisotopic (exact) mass is 768 g/mol. The van der Waals surface area contributed by atoms with E-state index in [4.69, 9.17) is 4.74 Å². The molecule has 0 aliphatic carbocycles. The largest absolute Gasteiger partial charge is 0.445 e. The average Bonchev–Trinajstić information content (AvgIpc) is 3.67. The van der Waals surface area contributed by atoms with Crippen molar-refractivity contribution in [2.24, 2.45) is 0 Å². The Morgan fingerprint density at radius 3 is 2.23 bits per heavy atom. The van der Waals surface area contributed by atoms with E-state index in [0.717, 1.165) is 30.6 Å². The first-order valence-electron chi connectivity index (χ1n) is 16.1. The number of carbonyl (C=O) groups excluding carboxylic acids is 4. The van der Waals surface area contributed by atoms with Gasteiger partial charge in [-0.25, -0.2) is 4.79 Å². The minimum atomic E-state index is -0.544. The van der Waals surface area contributed by atoms with Gasteiger partial charge in [0.1, 0.15) is 6.61 Å². The van der Waals surface area contributed by atoms with E-state index in [1.165, 1.54) is 11.1 Å². The highest BCUT2D eigenvalue weighted by molar-refractivity contribution is 14.1. The Morgan fingerprint density at radius 2 is 1.52 bits per heavy atom. The van der Waals surface area contributed by atoms with Gasteiger partial charge in [-0.3, -0.25) is 14.4 Å². The maximum absolute atomic E-state index is 12.9. The molecular formula is C38H49IN4O5. The summed E-state index contributed by atoms with van der Waals surface area (Å²) in [6.45, 7) is 6.50. The van der Waals surface area contributed by atoms with E-state index in [-0.39, 0.29) is 38.8 Å². The van der Waals surface area contributed by atoms with Crippen LogP contribution in [0.5, 0.6) is 0 Å². The molecule has 3 unspecified atom stereocenters. The number of carbonyl (C=O) groups is 4. The van der Waals surface area contributed by atoms with Crippen molar-refractivity contribution in [2.75, 3.05) is 31.1 Å². The number of amides is 3. The molecule has 6 rings (SSSR count). The third-order valence-corrected chi connectivity index (χ3v) is 8.88.